The molecule has 0 bridgehead atoms. The third-order valence-corrected chi connectivity index (χ3v) is 10.2. The minimum Gasteiger partial charge on any atom is -0.494 e. The molecule has 5 aromatic rings. The van der Waals surface area contributed by atoms with E-state index in [1.165, 1.54) is 0 Å². The molecule has 1 saturated heterocycles. The molecule has 0 aliphatic carbocycles. The molecule has 1 aliphatic heterocycles. The topological polar surface area (TPSA) is 161 Å². The molecule has 1 heterocycles. The number of amides is 2. The lowest BCUT2D eigenvalue weighted by atomic mass is 10.1. The number of fused-ring (bicyclic) bond motifs is 2. The van der Waals surface area contributed by atoms with E-state index in [0.717, 1.165) is 79.2 Å². The molecule has 0 N–H and O–H groups in total. The average molecular weight is 856 g/mol. The zero-order chi connectivity index (χ0) is 44.6. The maximum Gasteiger partial charge on any atom is 0.339 e. The zero-order valence-corrected chi connectivity index (χ0v) is 34.9. The first-order valence-electron chi connectivity index (χ1n) is 20.9. The number of benzene rings is 5. The second-order valence-corrected chi connectivity index (χ2v) is 14.7. The van der Waals surface area contributed by atoms with Gasteiger partial charge in [0.15, 0.2) is 0 Å². The minimum atomic E-state index is -1.75. The number of hydrogen-bond acceptors (Lipinski definition) is 12. The first-order valence-corrected chi connectivity index (χ1v) is 20.9. The van der Waals surface area contributed by atoms with Crippen molar-refractivity contribution in [3.8, 4) is 11.5 Å². The lowest BCUT2D eigenvalue weighted by molar-refractivity contribution is -0.138. The Bertz CT molecular complexity index is 2310. The van der Waals surface area contributed by atoms with E-state index in [-0.39, 0.29) is 16.8 Å². The minimum absolute atomic E-state index is 0.125. The van der Waals surface area contributed by atoms with Crippen molar-refractivity contribution in [2.75, 3.05) is 31.3 Å². The van der Waals surface area contributed by atoms with Crippen molar-refractivity contribution < 1.29 is 57.2 Å². The summed E-state index contributed by atoms with van der Waals surface area (Å²) in [6.07, 6.45) is 5.55. The molecule has 0 saturated carbocycles. The lowest BCUT2D eigenvalue weighted by Crippen LogP contribution is -2.37. The maximum atomic E-state index is 13.8. The van der Waals surface area contributed by atoms with Gasteiger partial charge in [-0.25, -0.2) is 24.1 Å². The van der Waals surface area contributed by atoms with Crippen LogP contribution in [-0.2, 0) is 38.1 Å². The Balaban J connectivity index is 1.06. The van der Waals surface area contributed by atoms with Crippen LogP contribution in [0.5, 0.6) is 11.5 Å². The Morgan fingerprint density at radius 1 is 0.492 bits per heavy atom. The van der Waals surface area contributed by atoms with Crippen LogP contribution in [0.3, 0.4) is 0 Å². The molecule has 2 amide bonds. The summed E-state index contributed by atoms with van der Waals surface area (Å²) in [6, 6.07) is 28.8. The molecule has 326 valence electrons. The third-order valence-electron chi connectivity index (χ3n) is 10.2. The highest BCUT2D eigenvalue weighted by atomic mass is 16.6. The van der Waals surface area contributed by atoms with Crippen LogP contribution in [0.4, 0.5) is 5.69 Å². The molecular formula is C50H49NO12. The van der Waals surface area contributed by atoms with Gasteiger partial charge in [-0.1, -0.05) is 55.6 Å². The zero-order valence-electron chi connectivity index (χ0n) is 34.9. The Kier molecular flexibility index (Phi) is 16.2. The molecule has 0 spiro atoms. The van der Waals surface area contributed by atoms with E-state index < -0.39 is 47.9 Å². The molecule has 0 unspecified atom stereocenters. The first kappa shape index (κ1) is 45.3. The quantitative estimate of drug-likeness (QED) is 0.0203. The number of rotatable bonds is 23. The number of anilines is 1. The number of ether oxygens (including phenoxy) is 6. The lowest BCUT2D eigenvalue weighted by Gasteiger charge is -2.17. The summed E-state index contributed by atoms with van der Waals surface area (Å²) >= 11 is 0. The first-order chi connectivity index (χ1) is 30.6. The molecule has 0 radical (unpaired) electrons. The maximum absolute atomic E-state index is 13.8. The van der Waals surface area contributed by atoms with Gasteiger partial charge in [0, 0.05) is 12.2 Å². The molecule has 13 nitrogen and oxygen atoms in total. The van der Waals surface area contributed by atoms with Gasteiger partial charge in [0.05, 0.1) is 43.2 Å². The van der Waals surface area contributed by atoms with E-state index >= 15 is 0 Å². The standard InChI is InChI=1S/C50H49NO12/c1-3-43(52)60-28-14-7-5-12-26-58-41-24-22-34-30-38(20-18-36(34)32-41)49(56)62-45-46(48(55)51(47(45)54)40-16-10-9-11-17-40)63-50(57)39-21-19-37-33-42(25-23-35(37)31-39)59-27-13-6-8-15-29-61-44(53)4-2/h3-4,9-11,16-25,30-33,45-46H,1-2,5-8,12-15,26-29H2/t45-,46-/m1/s1. The fourth-order valence-electron chi connectivity index (χ4n) is 6.88. The predicted molar refractivity (Wildman–Crippen MR) is 235 cm³/mol. The number of nitrogens with zero attached hydrogens (tertiary/aromatic N) is 1. The van der Waals surface area contributed by atoms with Crippen molar-refractivity contribution in [1.82, 2.24) is 0 Å². The fraction of sp³-hybridized carbons (Fsp3) is 0.280. The van der Waals surface area contributed by atoms with Gasteiger partial charge in [0.25, 0.3) is 11.8 Å². The molecule has 2 atom stereocenters. The Morgan fingerprint density at radius 2 is 0.889 bits per heavy atom. The normalized spacial score (nSPS) is 14.6. The molecule has 63 heavy (non-hydrogen) atoms. The number of para-hydroxylation sites is 1. The van der Waals surface area contributed by atoms with E-state index in [2.05, 4.69) is 13.2 Å². The van der Waals surface area contributed by atoms with Crippen LogP contribution < -0.4 is 14.4 Å². The molecule has 1 aliphatic rings. The van der Waals surface area contributed by atoms with Gasteiger partial charge < -0.3 is 28.4 Å². The average Bonchev–Trinajstić information content (AvgIpc) is 3.53. The van der Waals surface area contributed by atoms with Gasteiger partial charge in [0.2, 0.25) is 12.2 Å². The van der Waals surface area contributed by atoms with Crippen molar-refractivity contribution in [2.45, 2.75) is 63.6 Å². The van der Waals surface area contributed by atoms with E-state index in [4.69, 9.17) is 28.4 Å². The van der Waals surface area contributed by atoms with Crippen molar-refractivity contribution in [3.63, 3.8) is 0 Å². The summed E-state index contributed by atoms with van der Waals surface area (Å²) in [7, 11) is 0. The Morgan fingerprint density at radius 3 is 1.32 bits per heavy atom. The van der Waals surface area contributed by atoms with E-state index in [0.29, 0.717) is 48.7 Å². The van der Waals surface area contributed by atoms with Gasteiger partial charge in [-0.05, 0) is 134 Å². The number of carbonyl (C=O) groups excluding carboxylic acids is 6. The van der Waals surface area contributed by atoms with Crippen molar-refractivity contribution >= 4 is 62.9 Å². The number of hydrogen-bond donors (Lipinski definition) is 0. The van der Waals surface area contributed by atoms with Crippen LogP contribution in [0.25, 0.3) is 21.5 Å². The highest BCUT2D eigenvalue weighted by Gasteiger charge is 2.53. The molecule has 0 aromatic heterocycles. The van der Waals surface area contributed by atoms with Crippen molar-refractivity contribution in [2.24, 2.45) is 0 Å². The number of imide groups is 1. The van der Waals surface area contributed by atoms with Crippen LogP contribution >= 0.6 is 0 Å². The van der Waals surface area contributed by atoms with Gasteiger partial charge in [-0.15, -0.1) is 0 Å². The summed E-state index contributed by atoms with van der Waals surface area (Å²) in [6.45, 7) is 8.47. The highest BCUT2D eigenvalue weighted by molar-refractivity contribution is 6.25. The largest absolute Gasteiger partial charge is 0.494 e. The monoisotopic (exact) mass is 855 g/mol. The third kappa shape index (κ3) is 12.4. The summed E-state index contributed by atoms with van der Waals surface area (Å²) in [4.78, 5) is 78.1. The second-order valence-electron chi connectivity index (χ2n) is 14.7. The van der Waals surface area contributed by atoms with Crippen molar-refractivity contribution in [3.05, 3.63) is 140 Å². The number of unbranched alkanes of at least 4 members (excludes halogenated alkanes) is 6. The smallest absolute Gasteiger partial charge is 0.339 e. The van der Waals surface area contributed by atoms with Crippen LogP contribution in [0.15, 0.2) is 128 Å². The fourth-order valence-corrected chi connectivity index (χ4v) is 6.88. The van der Waals surface area contributed by atoms with Crippen LogP contribution in [-0.4, -0.2) is 74.3 Å². The molecule has 1 fully saturated rings. The Labute approximate surface area is 365 Å². The van der Waals surface area contributed by atoms with Gasteiger partial charge in [0.1, 0.15) is 11.5 Å². The summed E-state index contributed by atoms with van der Waals surface area (Å²) in [5.74, 6) is -3.00. The summed E-state index contributed by atoms with van der Waals surface area (Å²) < 4.78 is 33.3. The molecular weight excluding hydrogens is 807 g/mol. The summed E-state index contributed by atoms with van der Waals surface area (Å²) in [5, 5.41) is 3.02. The second kappa shape index (κ2) is 22.5. The van der Waals surface area contributed by atoms with E-state index in [1.807, 2.05) is 12.1 Å². The Hall–Kier alpha value is -7.28. The van der Waals surface area contributed by atoms with Gasteiger partial charge in [-0.2, -0.15) is 0 Å². The van der Waals surface area contributed by atoms with Crippen LogP contribution in [0.1, 0.15) is 72.1 Å². The number of carbonyl (C=O) groups is 6. The van der Waals surface area contributed by atoms with Crippen molar-refractivity contribution in [1.29, 1.82) is 0 Å². The van der Waals surface area contributed by atoms with Crippen LogP contribution in [0, 0.1) is 0 Å². The molecule has 13 heteroatoms. The van der Waals surface area contributed by atoms with E-state index in [1.54, 1.807) is 91.0 Å². The highest BCUT2D eigenvalue weighted by Crippen LogP contribution is 2.30. The van der Waals surface area contributed by atoms with Crippen LogP contribution in [0.2, 0.25) is 0 Å². The summed E-state index contributed by atoms with van der Waals surface area (Å²) in [5.41, 5.74) is 0.484. The molecule has 6 rings (SSSR count). The number of esters is 4. The predicted octanol–water partition coefficient (Wildman–Crippen LogP) is 8.65. The van der Waals surface area contributed by atoms with Gasteiger partial charge >= 0.3 is 23.9 Å². The SMILES string of the molecule is C=CC(=O)OCCCCCCOc1ccc2cc(C(=O)O[C@H]3C(=O)N(c4ccccc4)C(=O)[C@@H]3OC(=O)c3ccc4cc(OCCCCCCOC(=O)C=C)ccc4c3)ccc2c1. The van der Waals surface area contributed by atoms with E-state index in [9.17, 15) is 28.8 Å². The van der Waals surface area contributed by atoms with Gasteiger partial charge in [-0.3, -0.25) is 9.59 Å². The molecule has 5 aromatic carbocycles.